The van der Waals surface area contributed by atoms with Gasteiger partial charge in [-0.2, -0.15) is 13.9 Å². The molecule has 0 atom stereocenters. The Hall–Kier alpha value is -2.75. The molecule has 10 heteroatoms. The third kappa shape index (κ3) is 4.31. The van der Waals surface area contributed by atoms with Crippen LogP contribution in [0.4, 0.5) is 23.4 Å². The Bertz CT molecular complexity index is 951. The number of hydrogen-bond acceptors (Lipinski definition) is 5. The number of halogens is 4. The molecule has 2 N–H and O–H groups in total. The van der Waals surface area contributed by atoms with Gasteiger partial charge in [0, 0.05) is 30.3 Å². The van der Waals surface area contributed by atoms with Gasteiger partial charge in [-0.05, 0) is 12.8 Å². The van der Waals surface area contributed by atoms with E-state index in [9.17, 15) is 17.6 Å². The van der Waals surface area contributed by atoms with Gasteiger partial charge in [-0.15, -0.1) is 0 Å². The lowest BCUT2D eigenvalue weighted by atomic mass is 10.0. The Labute approximate surface area is 164 Å². The highest BCUT2D eigenvalue weighted by Gasteiger charge is 2.35. The largest absolute Gasteiger partial charge is 0.367 e. The third-order valence-corrected chi connectivity index (χ3v) is 5.18. The Morgan fingerprint density at radius 3 is 2.55 bits per heavy atom. The Morgan fingerprint density at radius 1 is 1.14 bits per heavy atom. The molecule has 1 saturated heterocycles. The summed E-state index contributed by atoms with van der Waals surface area (Å²) in [5.41, 5.74) is 0.135. The minimum absolute atomic E-state index is 0.109. The number of alkyl halides is 4. The number of likely N-dealkylation sites (tertiary alicyclic amines) is 1. The van der Waals surface area contributed by atoms with E-state index < -0.39 is 18.9 Å². The lowest BCUT2D eigenvalue weighted by Crippen LogP contribution is -2.43. The Kier molecular flexibility index (Phi) is 5.35. The quantitative estimate of drug-likeness (QED) is 0.605. The average molecular weight is 408 g/mol. The van der Waals surface area contributed by atoms with Crippen LogP contribution in [-0.4, -0.2) is 50.7 Å². The predicted octanol–water partition coefficient (Wildman–Crippen LogP) is 3.96. The molecule has 1 aromatic carbocycles. The average Bonchev–Trinajstić information content (AvgIpc) is 3.19. The third-order valence-electron chi connectivity index (χ3n) is 5.18. The summed E-state index contributed by atoms with van der Waals surface area (Å²) in [6.07, 6.45) is 1.79. The van der Waals surface area contributed by atoms with Gasteiger partial charge in [0.2, 0.25) is 0 Å². The number of aromatic nitrogens is 4. The van der Waals surface area contributed by atoms with Gasteiger partial charge in [0.25, 0.3) is 12.3 Å². The summed E-state index contributed by atoms with van der Waals surface area (Å²) in [7, 11) is 0. The maximum Gasteiger partial charge on any atom is 0.285 e. The number of fused-ring (bicyclic) bond motifs is 1. The van der Waals surface area contributed by atoms with Crippen molar-refractivity contribution in [1.29, 1.82) is 0 Å². The molecule has 0 unspecified atom stereocenters. The highest BCUT2D eigenvalue weighted by Crippen LogP contribution is 2.32. The summed E-state index contributed by atoms with van der Waals surface area (Å²) < 4.78 is 54.4. The van der Waals surface area contributed by atoms with Crippen molar-refractivity contribution in [2.45, 2.75) is 31.2 Å². The highest BCUT2D eigenvalue weighted by molar-refractivity contribution is 5.85. The van der Waals surface area contributed by atoms with E-state index in [4.69, 9.17) is 0 Å². The normalized spacial score (nSPS) is 16.6. The van der Waals surface area contributed by atoms with Crippen LogP contribution in [0.3, 0.4) is 0 Å². The van der Waals surface area contributed by atoms with Crippen molar-refractivity contribution in [1.82, 2.24) is 25.1 Å². The van der Waals surface area contributed by atoms with Crippen molar-refractivity contribution >= 4 is 16.9 Å². The van der Waals surface area contributed by atoms with Crippen LogP contribution in [0.15, 0.2) is 36.8 Å². The molecule has 0 saturated carbocycles. The molecule has 0 aliphatic carbocycles. The van der Waals surface area contributed by atoms with Crippen LogP contribution in [0, 0.1) is 0 Å². The predicted molar refractivity (Wildman–Crippen MR) is 100 cm³/mol. The molecule has 0 radical (unpaired) electrons. The molecular weight excluding hydrogens is 388 g/mol. The topological polar surface area (TPSA) is 69.7 Å². The molecule has 1 fully saturated rings. The summed E-state index contributed by atoms with van der Waals surface area (Å²) in [4.78, 5) is 10.0. The number of aromatic amines is 1. The van der Waals surface area contributed by atoms with Crippen LogP contribution in [-0.2, 0) is 5.92 Å². The van der Waals surface area contributed by atoms with E-state index in [1.54, 1.807) is 11.1 Å². The first-order valence-electron chi connectivity index (χ1n) is 9.32. The van der Waals surface area contributed by atoms with Gasteiger partial charge in [0.05, 0.1) is 18.1 Å². The zero-order chi connectivity index (χ0) is 20.4. The van der Waals surface area contributed by atoms with Crippen LogP contribution in [0.2, 0.25) is 0 Å². The molecule has 4 rings (SSSR count). The molecular formula is C19H20F4N6. The second kappa shape index (κ2) is 7.94. The molecule has 0 amide bonds. The molecule has 2 aromatic heterocycles. The molecule has 0 bridgehead atoms. The Balaban J connectivity index is 1.34. The van der Waals surface area contributed by atoms with E-state index in [0.717, 1.165) is 29.7 Å². The van der Waals surface area contributed by atoms with Gasteiger partial charge in [-0.1, -0.05) is 24.3 Å². The number of rotatable bonds is 6. The van der Waals surface area contributed by atoms with Crippen LogP contribution >= 0.6 is 0 Å². The lowest BCUT2D eigenvalue weighted by molar-refractivity contribution is -0.0421. The number of piperidine rings is 1. The number of nitrogens with one attached hydrogen (secondary N) is 2. The summed E-state index contributed by atoms with van der Waals surface area (Å²) in [6.45, 7) is 0.567. The second-order valence-corrected chi connectivity index (χ2v) is 7.18. The number of H-pyrrole nitrogens is 1. The fourth-order valence-electron chi connectivity index (χ4n) is 3.55. The van der Waals surface area contributed by atoms with Crippen molar-refractivity contribution in [3.05, 3.63) is 47.9 Å². The Morgan fingerprint density at radius 2 is 1.86 bits per heavy atom. The standard InChI is InChI=1S/C19H20F4N6/c20-16(21)12-1-3-13(4-2-12)19(22,23)10-29-7-5-14(6-8-29)27-17-15-9-26-28-18(15)25-11-24-17/h1-4,9,11,14,16H,5-8,10H2,(H2,24,25,26,27,28). The summed E-state index contributed by atoms with van der Waals surface area (Å²) in [6, 6.07) is 4.39. The van der Waals surface area contributed by atoms with Crippen molar-refractivity contribution in [2.24, 2.45) is 0 Å². The van der Waals surface area contributed by atoms with Crippen molar-refractivity contribution in [3.8, 4) is 0 Å². The van der Waals surface area contributed by atoms with Crippen molar-refractivity contribution in [3.63, 3.8) is 0 Å². The van der Waals surface area contributed by atoms with Crippen LogP contribution in [0.5, 0.6) is 0 Å². The molecule has 3 aromatic rings. The monoisotopic (exact) mass is 408 g/mol. The van der Waals surface area contributed by atoms with E-state index in [1.807, 2.05) is 0 Å². The van der Waals surface area contributed by atoms with E-state index in [-0.39, 0.29) is 17.2 Å². The summed E-state index contributed by atoms with van der Waals surface area (Å²) in [5.74, 6) is -2.43. The van der Waals surface area contributed by atoms with Crippen LogP contribution in [0.1, 0.15) is 30.4 Å². The number of hydrogen-bond donors (Lipinski definition) is 2. The fourth-order valence-corrected chi connectivity index (χ4v) is 3.55. The minimum Gasteiger partial charge on any atom is -0.367 e. The number of benzene rings is 1. The number of anilines is 1. The molecule has 1 aliphatic heterocycles. The molecule has 29 heavy (non-hydrogen) atoms. The summed E-state index contributed by atoms with van der Waals surface area (Å²) >= 11 is 0. The SMILES string of the molecule is FC(F)c1ccc(C(F)(F)CN2CCC(Nc3ncnc4[nH]ncc34)CC2)cc1. The van der Waals surface area contributed by atoms with Gasteiger partial charge >= 0.3 is 0 Å². The molecule has 1 aliphatic rings. The zero-order valence-electron chi connectivity index (χ0n) is 15.5. The van der Waals surface area contributed by atoms with E-state index in [0.29, 0.717) is 37.4 Å². The summed E-state index contributed by atoms with van der Waals surface area (Å²) in [5, 5.41) is 10.9. The first kappa shape index (κ1) is 19.6. The van der Waals surface area contributed by atoms with Crippen molar-refractivity contribution in [2.75, 3.05) is 25.0 Å². The van der Waals surface area contributed by atoms with Crippen LogP contribution < -0.4 is 5.32 Å². The van der Waals surface area contributed by atoms with Gasteiger partial charge in [0.15, 0.2) is 5.65 Å². The van der Waals surface area contributed by atoms with Gasteiger partial charge in [0.1, 0.15) is 12.1 Å². The molecule has 154 valence electrons. The second-order valence-electron chi connectivity index (χ2n) is 7.18. The van der Waals surface area contributed by atoms with E-state index in [1.165, 1.54) is 6.33 Å². The molecule has 0 spiro atoms. The van der Waals surface area contributed by atoms with E-state index in [2.05, 4.69) is 25.5 Å². The maximum atomic E-state index is 14.6. The van der Waals surface area contributed by atoms with Gasteiger partial charge in [-0.25, -0.2) is 18.7 Å². The van der Waals surface area contributed by atoms with Gasteiger partial charge < -0.3 is 5.32 Å². The van der Waals surface area contributed by atoms with Crippen LogP contribution in [0.25, 0.3) is 11.0 Å². The first-order valence-corrected chi connectivity index (χ1v) is 9.32. The smallest absolute Gasteiger partial charge is 0.285 e. The van der Waals surface area contributed by atoms with Crippen molar-refractivity contribution < 1.29 is 17.6 Å². The maximum absolute atomic E-state index is 14.6. The fraction of sp³-hybridized carbons (Fsp3) is 0.421. The molecule has 6 nitrogen and oxygen atoms in total. The minimum atomic E-state index is -3.10. The van der Waals surface area contributed by atoms with Gasteiger partial charge in [-0.3, -0.25) is 10.00 Å². The number of nitrogens with zero attached hydrogens (tertiary/aromatic N) is 4. The highest BCUT2D eigenvalue weighted by atomic mass is 19.3. The zero-order valence-corrected chi connectivity index (χ0v) is 15.5. The van der Waals surface area contributed by atoms with E-state index >= 15 is 0 Å². The lowest BCUT2D eigenvalue weighted by Gasteiger charge is -2.34. The first-order chi connectivity index (χ1) is 13.9. The molecule has 3 heterocycles.